The first-order valence-corrected chi connectivity index (χ1v) is 5.95. The van der Waals surface area contributed by atoms with Gasteiger partial charge >= 0.3 is 0 Å². The zero-order valence-electron chi connectivity index (χ0n) is 9.86. The lowest BCUT2D eigenvalue weighted by molar-refractivity contribution is 0.0951. The lowest BCUT2D eigenvalue weighted by Crippen LogP contribution is -2.22. The van der Waals surface area contributed by atoms with Crippen LogP contribution in [0.5, 0.6) is 0 Å². The summed E-state index contributed by atoms with van der Waals surface area (Å²) in [7, 11) is 0. The molecule has 3 rings (SSSR count). The molecule has 18 heavy (non-hydrogen) atoms. The number of fused-ring (bicyclic) bond motifs is 1. The Balaban J connectivity index is 1.69. The van der Waals surface area contributed by atoms with E-state index in [9.17, 15) is 4.79 Å². The van der Waals surface area contributed by atoms with E-state index in [0.29, 0.717) is 12.1 Å². The summed E-state index contributed by atoms with van der Waals surface area (Å²) < 4.78 is 0. The second kappa shape index (κ2) is 4.52. The van der Waals surface area contributed by atoms with Crippen molar-refractivity contribution in [1.29, 1.82) is 0 Å². The zero-order chi connectivity index (χ0) is 12.4. The molecular weight excluding hydrogens is 228 g/mol. The highest BCUT2D eigenvalue weighted by Crippen LogP contribution is 2.22. The zero-order valence-corrected chi connectivity index (χ0v) is 9.86. The van der Waals surface area contributed by atoms with Crippen molar-refractivity contribution in [1.82, 2.24) is 15.5 Å². The van der Waals surface area contributed by atoms with Crippen LogP contribution < -0.4 is 10.6 Å². The van der Waals surface area contributed by atoms with Crippen LogP contribution in [0.25, 0.3) is 0 Å². The van der Waals surface area contributed by atoms with Gasteiger partial charge in [-0.1, -0.05) is 0 Å². The highest BCUT2D eigenvalue weighted by atomic mass is 16.1. The summed E-state index contributed by atoms with van der Waals surface area (Å²) in [6, 6.07) is 5.77. The average molecular weight is 242 g/mol. The van der Waals surface area contributed by atoms with Gasteiger partial charge in [0.15, 0.2) is 0 Å². The summed E-state index contributed by atoms with van der Waals surface area (Å²) in [5, 5.41) is 12.7. The molecule has 5 heteroatoms. The van der Waals surface area contributed by atoms with Gasteiger partial charge in [-0.05, 0) is 30.2 Å². The molecule has 0 saturated carbocycles. The van der Waals surface area contributed by atoms with E-state index in [1.807, 2.05) is 18.2 Å². The normalized spacial score (nSPS) is 12.9. The maximum absolute atomic E-state index is 12.0. The van der Waals surface area contributed by atoms with Crippen molar-refractivity contribution in [3.8, 4) is 0 Å². The van der Waals surface area contributed by atoms with Gasteiger partial charge in [-0.3, -0.25) is 9.89 Å². The topological polar surface area (TPSA) is 69.8 Å². The van der Waals surface area contributed by atoms with Crippen LogP contribution in [-0.4, -0.2) is 22.6 Å². The van der Waals surface area contributed by atoms with Gasteiger partial charge in [0.2, 0.25) is 0 Å². The first-order valence-electron chi connectivity index (χ1n) is 5.95. The van der Waals surface area contributed by atoms with E-state index in [1.54, 1.807) is 12.4 Å². The molecule has 1 aromatic carbocycles. The predicted molar refractivity (Wildman–Crippen MR) is 68.4 cm³/mol. The lowest BCUT2D eigenvalue weighted by atomic mass is 10.1. The monoisotopic (exact) mass is 242 g/mol. The molecule has 0 aliphatic carbocycles. The molecule has 5 nitrogen and oxygen atoms in total. The van der Waals surface area contributed by atoms with E-state index >= 15 is 0 Å². The first kappa shape index (κ1) is 10.8. The fraction of sp³-hybridized carbons (Fsp3) is 0.231. The summed E-state index contributed by atoms with van der Waals surface area (Å²) >= 11 is 0. The number of H-pyrrole nitrogens is 1. The van der Waals surface area contributed by atoms with Crippen molar-refractivity contribution >= 4 is 11.6 Å². The van der Waals surface area contributed by atoms with E-state index in [2.05, 4.69) is 20.8 Å². The predicted octanol–water partition coefficient (Wildman–Crippen LogP) is 1.31. The molecule has 1 aliphatic heterocycles. The summed E-state index contributed by atoms with van der Waals surface area (Å²) in [6.45, 7) is 1.44. The molecule has 1 aromatic heterocycles. The van der Waals surface area contributed by atoms with Gasteiger partial charge in [0.1, 0.15) is 0 Å². The fourth-order valence-corrected chi connectivity index (χ4v) is 2.10. The van der Waals surface area contributed by atoms with Crippen molar-refractivity contribution in [2.45, 2.75) is 13.0 Å². The van der Waals surface area contributed by atoms with Crippen molar-refractivity contribution in [2.24, 2.45) is 0 Å². The van der Waals surface area contributed by atoms with Gasteiger partial charge in [0, 0.05) is 36.1 Å². The van der Waals surface area contributed by atoms with Gasteiger partial charge < -0.3 is 10.6 Å². The molecule has 0 saturated heterocycles. The third kappa shape index (κ3) is 2.07. The van der Waals surface area contributed by atoms with E-state index in [-0.39, 0.29) is 5.91 Å². The van der Waals surface area contributed by atoms with Gasteiger partial charge in [0.05, 0.1) is 6.20 Å². The number of aromatic amines is 1. The Hall–Kier alpha value is -2.30. The second-order valence-electron chi connectivity index (χ2n) is 4.34. The van der Waals surface area contributed by atoms with E-state index in [0.717, 1.165) is 24.2 Å². The van der Waals surface area contributed by atoms with Gasteiger partial charge in [-0.15, -0.1) is 0 Å². The Morgan fingerprint density at radius 1 is 1.44 bits per heavy atom. The molecule has 0 spiro atoms. The third-order valence-electron chi connectivity index (χ3n) is 3.09. The largest absolute Gasteiger partial charge is 0.384 e. The number of hydrogen-bond donors (Lipinski definition) is 3. The Bertz CT molecular complexity index is 562. The summed E-state index contributed by atoms with van der Waals surface area (Å²) in [5.74, 6) is -0.0501. The Labute approximate surface area is 105 Å². The minimum absolute atomic E-state index is 0.0501. The number of nitrogens with zero attached hydrogens (tertiary/aromatic N) is 1. The van der Waals surface area contributed by atoms with Crippen LogP contribution in [0.4, 0.5) is 5.69 Å². The van der Waals surface area contributed by atoms with E-state index < -0.39 is 0 Å². The highest BCUT2D eigenvalue weighted by Gasteiger charge is 2.13. The molecule has 2 aromatic rings. The second-order valence-corrected chi connectivity index (χ2v) is 4.34. The van der Waals surface area contributed by atoms with Crippen LogP contribution in [0, 0.1) is 0 Å². The van der Waals surface area contributed by atoms with Gasteiger partial charge in [-0.2, -0.15) is 5.10 Å². The lowest BCUT2D eigenvalue weighted by Gasteiger charge is -2.05. The molecule has 92 valence electrons. The molecule has 0 unspecified atom stereocenters. The summed E-state index contributed by atoms with van der Waals surface area (Å²) in [4.78, 5) is 12.0. The number of benzene rings is 1. The molecule has 3 N–H and O–H groups in total. The number of rotatable bonds is 3. The summed E-state index contributed by atoms with van der Waals surface area (Å²) in [6.07, 6.45) is 4.46. The quantitative estimate of drug-likeness (QED) is 0.760. The average Bonchev–Trinajstić information content (AvgIpc) is 3.05. The SMILES string of the molecule is O=C(NCc1cn[nH]c1)c1ccc2c(c1)CCN2. The number of carbonyl (C=O) groups excluding carboxylic acids is 1. The third-order valence-corrected chi connectivity index (χ3v) is 3.09. The van der Waals surface area contributed by atoms with E-state index in [4.69, 9.17) is 0 Å². The highest BCUT2D eigenvalue weighted by molar-refractivity contribution is 5.95. The number of nitrogens with one attached hydrogen (secondary N) is 3. The Morgan fingerprint density at radius 3 is 3.22 bits per heavy atom. The molecule has 0 bridgehead atoms. The fourth-order valence-electron chi connectivity index (χ4n) is 2.10. The van der Waals surface area contributed by atoms with Gasteiger partial charge in [-0.25, -0.2) is 0 Å². The molecule has 0 atom stereocenters. The van der Waals surface area contributed by atoms with Crippen molar-refractivity contribution in [2.75, 3.05) is 11.9 Å². The van der Waals surface area contributed by atoms with Crippen LogP contribution >= 0.6 is 0 Å². The number of anilines is 1. The number of amides is 1. The standard InChI is InChI=1S/C13H14N4O/c18-13(15-6-9-7-16-17-8-9)11-1-2-12-10(5-11)3-4-14-12/h1-2,5,7-8,14H,3-4,6H2,(H,15,18)(H,16,17). The minimum Gasteiger partial charge on any atom is -0.384 e. The Morgan fingerprint density at radius 2 is 2.39 bits per heavy atom. The van der Waals surface area contributed by atoms with Gasteiger partial charge in [0.25, 0.3) is 5.91 Å². The van der Waals surface area contributed by atoms with Crippen molar-refractivity contribution in [3.05, 3.63) is 47.3 Å². The summed E-state index contributed by atoms with van der Waals surface area (Å²) in [5.41, 5.74) is 4.03. The molecule has 0 radical (unpaired) electrons. The van der Waals surface area contributed by atoms with E-state index in [1.165, 1.54) is 5.56 Å². The molecule has 2 heterocycles. The first-order chi connectivity index (χ1) is 8.83. The van der Waals surface area contributed by atoms with Crippen LogP contribution in [0.3, 0.4) is 0 Å². The number of aromatic nitrogens is 2. The Kier molecular flexibility index (Phi) is 2.72. The van der Waals surface area contributed by atoms with Crippen LogP contribution in [0.2, 0.25) is 0 Å². The van der Waals surface area contributed by atoms with Crippen molar-refractivity contribution < 1.29 is 4.79 Å². The van der Waals surface area contributed by atoms with Crippen molar-refractivity contribution in [3.63, 3.8) is 0 Å². The van der Waals surface area contributed by atoms with Crippen LogP contribution in [-0.2, 0) is 13.0 Å². The number of carbonyl (C=O) groups is 1. The molecule has 0 fully saturated rings. The van der Waals surface area contributed by atoms with Crippen LogP contribution in [0.1, 0.15) is 21.5 Å². The minimum atomic E-state index is -0.0501. The maximum atomic E-state index is 12.0. The smallest absolute Gasteiger partial charge is 0.251 e. The molecule has 1 aliphatic rings. The maximum Gasteiger partial charge on any atom is 0.251 e. The molecule has 1 amide bonds. The van der Waals surface area contributed by atoms with Crippen LogP contribution in [0.15, 0.2) is 30.6 Å². The molecular formula is C13H14N4O. The number of hydrogen-bond acceptors (Lipinski definition) is 3.